The van der Waals surface area contributed by atoms with Crippen molar-refractivity contribution in [1.82, 2.24) is 9.97 Å². The van der Waals surface area contributed by atoms with Crippen LogP contribution in [0.3, 0.4) is 0 Å². The minimum absolute atomic E-state index is 0.0143. The quantitative estimate of drug-likeness (QED) is 0.202. The number of fused-ring (bicyclic) bond motifs is 2. The molecule has 2 aromatic carbocycles. The average molecular weight is 507 g/mol. The lowest BCUT2D eigenvalue weighted by Gasteiger charge is -2.40. The topological polar surface area (TPSA) is 101 Å². The molecule has 8 nitrogen and oxygen atoms in total. The third kappa shape index (κ3) is 3.85. The first kappa shape index (κ1) is 24.0. The van der Waals surface area contributed by atoms with Crippen LogP contribution in [0.2, 0.25) is 0 Å². The van der Waals surface area contributed by atoms with E-state index in [0.717, 1.165) is 13.0 Å². The zero-order valence-corrected chi connectivity index (χ0v) is 21.0. The van der Waals surface area contributed by atoms with Gasteiger partial charge >= 0.3 is 5.63 Å². The van der Waals surface area contributed by atoms with Gasteiger partial charge in [0.15, 0.2) is 11.9 Å². The standard InChI is InChI=1S/C26H23FN4O4S/c1-13-7-8-31(13)24-21-22(29-26(30-24)36-4)14(2)23(35-25(21)32)17-10-16(34-12-33-3)9-15-5-6-19(27)18(11-28)20(15)17/h5-6,9-10,13H,7-8,12H2,1-4H3/t13-/m1/s1. The van der Waals surface area contributed by atoms with E-state index in [0.29, 0.717) is 49.5 Å². The number of ether oxygens (including phenoxy) is 2. The molecular weight excluding hydrogens is 483 g/mol. The van der Waals surface area contributed by atoms with Crippen LogP contribution >= 0.6 is 11.8 Å². The van der Waals surface area contributed by atoms with Crippen LogP contribution in [0.1, 0.15) is 24.5 Å². The maximum atomic E-state index is 14.7. The molecule has 3 heterocycles. The van der Waals surface area contributed by atoms with Gasteiger partial charge in [-0.3, -0.25) is 0 Å². The SMILES string of the molecule is COCOc1cc(-c2oc(=O)c3c(N4CC[C@H]4C)nc(SC)nc3c2C)c2c(C#N)c(F)ccc2c1. The number of hydrogen-bond acceptors (Lipinski definition) is 9. The highest BCUT2D eigenvalue weighted by atomic mass is 32.2. The Kier molecular flexibility index (Phi) is 6.28. The van der Waals surface area contributed by atoms with Gasteiger partial charge in [0.25, 0.3) is 0 Å². The van der Waals surface area contributed by atoms with Crippen molar-refractivity contribution < 1.29 is 18.3 Å². The molecule has 4 aromatic rings. The Hall–Kier alpha value is -3.68. The first-order valence-corrected chi connectivity index (χ1v) is 12.5. The second-order valence-corrected chi connectivity index (χ2v) is 9.36. The molecule has 0 unspecified atom stereocenters. The van der Waals surface area contributed by atoms with Gasteiger partial charge in [-0.05, 0) is 50.1 Å². The number of thioether (sulfide) groups is 1. The predicted octanol–water partition coefficient (Wildman–Crippen LogP) is 5.03. The molecule has 1 fully saturated rings. The average Bonchev–Trinajstić information content (AvgIpc) is 2.87. The minimum Gasteiger partial charge on any atom is -0.468 e. The second kappa shape index (κ2) is 9.41. The van der Waals surface area contributed by atoms with Crippen LogP contribution in [0.5, 0.6) is 5.75 Å². The van der Waals surface area contributed by atoms with Crippen molar-refractivity contribution in [3.05, 3.63) is 51.6 Å². The van der Waals surface area contributed by atoms with Gasteiger partial charge < -0.3 is 18.8 Å². The van der Waals surface area contributed by atoms with Gasteiger partial charge in [0, 0.05) is 36.2 Å². The van der Waals surface area contributed by atoms with Crippen molar-refractivity contribution >= 4 is 39.3 Å². The summed E-state index contributed by atoms with van der Waals surface area (Å²) in [6, 6.07) is 8.28. The van der Waals surface area contributed by atoms with E-state index in [-0.39, 0.29) is 24.2 Å². The molecule has 184 valence electrons. The van der Waals surface area contributed by atoms with Crippen LogP contribution in [-0.2, 0) is 4.74 Å². The molecule has 5 rings (SSSR count). The Bertz CT molecular complexity index is 1610. The number of methoxy groups -OCH3 is 1. The summed E-state index contributed by atoms with van der Waals surface area (Å²) >= 11 is 1.38. The molecule has 1 atom stereocenters. The fraction of sp³-hybridized carbons (Fsp3) is 0.308. The van der Waals surface area contributed by atoms with Gasteiger partial charge in [-0.25, -0.2) is 19.2 Å². The van der Waals surface area contributed by atoms with Gasteiger partial charge in [-0.2, -0.15) is 5.26 Å². The molecule has 0 saturated carbocycles. The van der Waals surface area contributed by atoms with Crippen molar-refractivity contribution in [3.8, 4) is 23.1 Å². The lowest BCUT2D eigenvalue weighted by atomic mass is 9.95. The Labute approximate surface area is 210 Å². The first-order chi connectivity index (χ1) is 17.4. The lowest BCUT2D eigenvalue weighted by molar-refractivity contribution is 0.0512. The van der Waals surface area contributed by atoms with Crippen LogP contribution in [0.4, 0.5) is 10.2 Å². The summed E-state index contributed by atoms with van der Waals surface area (Å²) in [4.78, 5) is 24.8. The highest BCUT2D eigenvalue weighted by Crippen LogP contribution is 2.40. The number of nitriles is 1. The van der Waals surface area contributed by atoms with E-state index in [1.54, 1.807) is 25.1 Å². The number of nitrogens with zero attached hydrogens (tertiary/aromatic N) is 4. The predicted molar refractivity (Wildman–Crippen MR) is 136 cm³/mol. The van der Waals surface area contributed by atoms with Gasteiger partial charge in [0.05, 0.1) is 11.1 Å². The Morgan fingerprint density at radius 1 is 1.31 bits per heavy atom. The number of aryl methyl sites for hydroxylation is 1. The van der Waals surface area contributed by atoms with Crippen LogP contribution in [0.25, 0.3) is 33.0 Å². The monoisotopic (exact) mass is 506 g/mol. The van der Waals surface area contributed by atoms with Crippen LogP contribution < -0.4 is 15.3 Å². The molecule has 10 heteroatoms. The highest BCUT2D eigenvalue weighted by Gasteiger charge is 2.30. The number of aromatic nitrogens is 2. The maximum Gasteiger partial charge on any atom is 0.349 e. The summed E-state index contributed by atoms with van der Waals surface area (Å²) in [7, 11) is 1.50. The van der Waals surface area contributed by atoms with E-state index >= 15 is 0 Å². The van der Waals surface area contributed by atoms with Crippen molar-refractivity contribution in [1.29, 1.82) is 5.26 Å². The summed E-state index contributed by atoms with van der Waals surface area (Å²) in [5, 5.41) is 11.5. The van der Waals surface area contributed by atoms with Crippen LogP contribution in [0, 0.1) is 24.1 Å². The summed E-state index contributed by atoms with van der Waals surface area (Å²) in [5.74, 6) is 0.492. The number of benzene rings is 2. The normalized spacial score (nSPS) is 15.2. The lowest BCUT2D eigenvalue weighted by Crippen LogP contribution is -2.46. The summed E-state index contributed by atoms with van der Waals surface area (Å²) in [5.41, 5.74) is 0.648. The second-order valence-electron chi connectivity index (χ2n) is 8.59. The molecule has 1 aliphatic rings. The fourth-order valence-corrected chi connectivity index (χ4v) is 4.88. The summed E-state index contributed by atoms with van der Waals surface area (Å²) < 4.78 is 31.2. The van der Waals surface area contributed by atoms with Crippen molar-refractivity contribution in [2.45, 2.75) is 31.5 Å². The maximum absolute atomic E-state index is 14.7. The van der Waals surface area contributed by atoms with E-state index in [2.05, 4.69) is 21.8 Å². The Balaban J connectivity index is 1.86. The smallest absolute Gasteiger partial charge is 0.349 e. The molecule has 0 bridgehead atoms. The van der Waals surface area contributed by atoms with E-state index in [4.69, 9.17) is 13.9 Å². The zero-order valence-electron chi connectivity index (χ0n) is 20.2. The van der Waals surface area contributed by atoms with Crippen LogP contribution in [0.15, 0.2) is 38.6 Å². The fourth-order valence-electron chi connectivity index (χ4n) is 4.52. The molecular formula is C26H23FN4O4S. The van der Waals surface area contributed by atoms with Crippen molar-refractivity contribution in [2.75, 3.05) is 31.6 Å². The van der Waals surface area contributed by atoms with Crippen molar-refractivity contribution in [2.24, 2.45) is 0 Å². The van der Waals surface area contributed by atoms with E-state index in [9.17, 15) is 14.4 Å². The number of anilines is 1. The molecule has 0 radical (unpaired) electrons. The Morgan fingerprint density at radius 2 is 2.11 bits per heavy atom. The molecule has 2 aromatic heterocycles. The molecule has 0 N–H and O–H groups in total. The third-order valence-electron chi connectivity index (χ3n) is 6.48. The molecule has 0 amide bonds. The molecule has 1 saturated heterocycles. The van der Waals surface area contributed by atoms with E-state index in [1.807, 2.05) is 12.3 Å². The Morgan fingerprint density at radius 3 is 2.75 bits per heavy atom. The molecule has 0 spiro atoms. The largest absolute Gasteiger partial charge is 0.468 e. The van der Waals surface area contributed by atoms with E-state index in [1.165, 1.54) is 24.9 Å². The van der Waals surface area contributed by atoms with Gasteiger partial charge in [-0.15, -0.1) is 0 Å². The van der Waals surface area contributed by atoms with Crippen molar-refractivity contribution in [3.63, 3.8) is 0 Å². The first-order valence-electron chi connectivity index (χ1n) is 11.3. The summed E-state index contributed by atoms with van der Waals surface area (Å²) in [6.07, 6.45) is 2.88. The number of rotatable bonds is 6. The molecule has 0 aliphatic carbocycles. The number of halogens is 1. The van der Waals surface area contributed by atoms with Gasteiger partial charge in [-0.1, -0.05) is 17.8 Å². The van der Waals surface area contributed by atoms with Gasteiger partial charge in [0.2, 0.25) is 0 Å². The van der Waals surface area contributed by atoms with Crippen LogP contribution in [-0.4, -0.2) is 42.7 Å². The third-order valence-corrected chi connectivity index (χ3v) is 7.03. The van der Waals surface area contributed by atoms with Gasteiger partial charge in [0.1, 0.15) is 34.6 Å². The molecule has 36 heavy (non-hydrogen) atoms. The highest BCUT2D eigenvalue weighted by molar-refractivity contribution is 7.98. The zero-order chi connectivity index (χ0) is 25.6. The summed E-state index contributed by atoms with van der Waals surface area (Å²) in [6.45, 7) is 4.64. The molecule has 1 aliphatic heterocycles. The number of hydrogen-bond donors (Lipinski definition) is 0. The van der Waals surface area contributed by atoms with E-state index < -0.39 is 11.4 Å². The minimum atomic E-state index is -0.668.